The number of nitrogens with two attached hydrogens (primary N) is 1. The molecule has 1 rings (SSSR count). The number of thioether (sulfide) groups is 1. The zero-order valence-corrected chi connectivity index (χ0v) is 17.2. The molecule has 0 aromatic heterocycles. The Morgan fingerprint density at radius 2 is 2.00 bits per heavy atom. The van der Waals surface area contributed by atoms with Gasteiger partial charge in [-0.1, -0.05) is 38.5 Å². The number of methoxy groups -OCH3 is 1. The molecular weight excluding hydrogens is 334 g/mol. The lowest BCUT2D eigenvalue weighted by Gasteiger charge is -2.33. The minimum Gasteiger partial charge on any atom is -0.508 e. The standard InChI is InChI=1S/C19H28O3S.CH5N/c1-6-11-19(8-3,13-23-17(7-2)18(21)22-5)15-9-10-16(20)14(4)12-15;1-2/h7,9-10,12,20H,6,8,11,13H2,1-5H3;2H2,1H3/b17-7-;. The van der Waals surface area contributed by atoms with Crippen LogP contribution in [0.1, 0.15) is 51.2 Å². The molecule has 1 aromatic rings. The van der Waals surface area contributed by atoms with E-state index in [0.717, 1.165) is 30.6 Å². The van der Waals surface area contributed by atoms with Crippen LogP contribution in [-0.4, -0.2) is 31.0 Å². The molecule has 0 aliphatic carbocycles. The maximum atomic E-state index is 11.8. The van der Waals surface area contributed by atoms with E-state index in [-0.39, 0.29) is 11.4 Å². The fourth-order valence-electron chi connectivity index (χ4n) is 2.82. The van der Waals surface area contributed by atoms with Crippen LogP contribution in [0.3, 0.4) is 0 Å². The molecular formula is C20H33NO3S. The SMILES string of the molecule is C/C=C(\SCC(CC)(CCC)c1ccc(O)c(C)c1)C(=O)OC.CN. The van der Waals surface area contributed by atoms with Crippen molar-refractivity contribution >= 4 is 17.7 Å². The molecule has 0 saturated carbocycles. The lowest BCUT2D eigenvalue weighted by molar-refractivity contribution is -0.135. The number of benzene rings is 1. The van der Waals surface area contributed by atoms with Gasteiger partial charge in [-0.05, 0) is 50.9 Å². The van der Waals surface area contributed by atoms with Gasteiger partial charge in [0.25, 0.3) is 0 Å². The van der Waals surface area contributed by atoms with Gasteiger partial charge in [-0.25, -0.2) is 4.79 Å². The molecule has 0 heterocycles. The Labute approximate surface area is 156 Å². The molecule has 0 fully saturated rings. The molecule has 3 N–H and O–H groups in total. The molecule has 0 saturated heterocycles. The number of ether oxygens (including phenoxy) is 1. The summed E-state index contributed by atoms with van der Waals surface area (Å²) in [4.78, 5) is 12.4. The maximum Gasteiger partial charge on any atom is 0.343 e. The number of hydrogen-bond acceptors (Lipinski definition) is 5. The van der Waals surface area contributed by atoms with E-state index in [0.29, 0.717) is 10.7 Å². The second-order valence-corrected chi connectivity index (χ2v) is 6.84. The lowest BCUT2D eigenvalue weighted by atomic mass is 9.76. The highest BCUT2D eigenvalue weighted by atomic mass is 32.2. The number of esters is 1. The number of carbonyl (C=O) groups is 1. The minimum absolute atomic E-state index is 0.0137. The number of hydrogen-bond donors (Lipinski definition) is 2. The zero-order chi connectivity index (χ0) is 19.5. The smallest absolute Gasteiger partial charge is 0.343 e. The van der Waals surface area contributed by atoms with Crippen LogP contribution in [0.15, 0.2) is 29.2 Å². The van der Waals surface area contributed by atoms with Gasteiger partial charge in [0, 0.05) is 11.2 Å². The van der Waals surface area contributed by atoms with Crippen LogP contribution < -0.4 is 5.73 Å². The van der Waals surface area contributed by atoms with Crippen molar-refractivity contribution in [3.05, 3.63) is 40.3 Å². The van der Waals surface area contributed by atoms with E-state index in [2.05, 4.69) is 25.6 Å². The van der Waals surface area contributed by atoms with Crippen LogP contribution in [0.25, 0.3) is 0 Å². The van der Waals surface area contributed by atoms with Crippen molar-refractivity contribution in [2.24, 2.45) is 5.73 Å². The van der Waals surface area contributed by atoms with E-state index >= 15 is 0 Å². The molecule has 0 aliphatic rings. The van der Waals surface area contributed by atoms with Gasteiger partial charge in [-0.2, -0.15) is 0 Å². The van der Waals surface area contributed by atoms with Crippen molar-refractivity contribution in [2.75, 3.05) is 19.9 Å². The summed E-state index contributed by atoms with van der Waals surface area (Å²) in [6, 6.07) is 5.85. The fraction of sp³-hybridized carbons (Fsp3) is 0.550. The van der Waals surface area contributed by atoms with Crippen molar-refractivity contribution in [1.82, 2.24) is 0 Å². The molecule has 142 valence electrons. The van der Waals surface area contributed by atoms with Gasteiger partial charge in [0.2, 0.25) is 0 Å². The Morgan fingerprint density at radius 1 is 1.36 bits per heavy atom. The van der Waals surface area contributed by atoms with Gasteiger partial charge >= 0.3 is 5.97 Å². The van der Waals surface area contributed by atoms with E-state index in [9.17, 15) is 9.90 Å². The highest BCUT2D eigenvalue weighted by Gasteiger charge is 2.31. The Hall–Kier alpha value is -1.46. The van der Waals surface area contributed by atoms with Crippen LogP contribution in [-0.2, 0) is 14.9 Å². The summed E-state index contributed by atoms with van der Waals surface area (Å²) in [6.07, 6.45) is 4.90. The maximum absolute atomic E-state index is 11.8. The largest absolute Gasteiger partial charge is 0.508 e. The summed E-state index contributed by atoms with van der Waals surface area (Å²) in [5, 5.41) is 9.80. The average molecular weight is 368 g/mol. The molecule has 0 spiro atoms. The van der Waals surface area contributed by atoms with Crippen molar-refractivity contribution in [3.63, 3.8) is 0 Å². The predicted molar refractivity (Wildman–Crippen MR) is 108 cm³/mol. The number of phenols is 1. The minimum atomic E-state index is -0.277. The number of aryl methyl sites for hydroxylation is 1. The van der Waals surface area contributed by atoms with Crippen LogP contribution in [0.4, 0.5) is 0 Å². The molecule has 1 atom stereocenters. The number of aromatic hydroxyl groups is 1. The first-order valence-corrected chi connectivity index (χ1v) is 9.67. The molecule has 1 unspecified atom stereocenters. The van der Waals surface area contributed by atoms with Gasteiger partial charge in [-0.15, -0.1) is 11.8 Å². The lowest BCUT2D eigenvalue weighted by Crippen LogP contribution is -2.29. The van der Waals surface area contributed by atoms with E-state index in [1.54, 1.807) is 17.8 Å². The quantitative estimate of drug-likeness (QED) is 0.521. The third-order valence-corrected chi connectivity index (χ3v) is 5.78. The highest BCUT2D eigenvalue weighted by Crippen LogP contribution is 2.39. The Bertz CT molecular complexity index is 572. The average Bonchev–Trinajstić information content (AvgIpc) is 2.64. The number of rotatable bonds is 8. The first kappa shape index (κ1) is 23.5. The van der Waals surface area contributed by atoms with Gasteiger partial charge < -0.3 is 15.6 Å². The van der Waals surface area contributed by atoms with Crippen LogP contribution >= 0.6 is 11.8 Å². The van der Waals surface area contributed by atoms with Crippen LogP contribution in [0.5, 0.6) is 5.75 Å². The summed E-state index contributed by atoms with van der Waals surface area (Å²) in [6.45, 7) is 8.15. The van der Waals surface area contributed by atoms with Crippen LogP contribution in [0, 0.1) is 6.92 Å². The monoisotopic (exact) mass is 367 g/mol. The van der Waals surface area contributed by atoms with Gasteiger partial charge in [-0.3, -0.25) is 0 Å². The molecule has 25 heavy (non-hydrogen) atoms. The van der Waals surface area contributed by atoms with Crippen molar-refractivity contribution < 1.29 is 14.6 Å². The van der Waals surface area contributed by atoms with Crippen LogP contribution in [0.2, 0.25) is 0 Å². The van der Waals surface area contributed by atoms with Crippen molar-refractivity contribution in [1.29, 1.82) is 0 Å². The molecule has 1 aromatic carbocycles. The number of carbonyl (C=O) groups excluding carboxylic acids is 1. The molecule has 0 amide bonds. The summed E-state index contributed by atoms with van der Waals surface area (Å²) in [7, 11) is 2.91. The van der Waals surface area contributed by atoms with Gasteiger partial charge in [0.05, 0.1) is 12.0 Å². The summed E-state index contributed by atoms with van der Waals surface area (Å²) < 4.78 is 4.84. The van der Waals surface area contributed by atoms with E-state index in [1.165, 1.54) is 19.7 Å². The third-order valence-electron chi connectivity index (χ3n) is 4.37. The predicted octanol–water partition coefficient (Wildman–Crippen LogP) is 4.53. The second kappa shape index (κ2) is 12.0. The second-order valence-electron chi connectivity index (χ2n) is 5.82. The Balaban J connectivity index is 0.00000277. The first-order chi connectivity index (χ1) is 11.9. The van der Waals surface area contributed by atoms with Gasteiger partial charge in [0.1, 0.15) is 5.75 Å². The highest BCUT2D eigenvalue weighted by molar-refractivity contribution is 8.04. The fourth-order valence-corrected chi connectivity index (χ4v) is 4.14. The molecule has 5 heteroatoms. The molecule has 0 aliphatic heterocycles. The van der Waals surface area contributed by atoms with Crippen molar-refractivity contribution in [2.45, 2.75) is 52.4 Å². The van der Waals surface area contributed by atoms with E-state index in [4.69, 9.17) is 4.74 Å². The summed E-state index contributed by atoms with van der Waals surface area (Å²) in [5.41, 5.74) is 6.60. The number of allylic oxidation sites excluding steroid dienone is 1. The normalized spacial score (nSPS) is 13.5. The zero-order valence-electron chi connectivity index (χ0n) is 16.4. The topological polar surface area (TPSA) is 72.5 Å². The Kier molecular flexibility index (Phi) is 11.3. The van der Waals surface area contributed by atoms with E-state index in [1.807, 2.05) is 26.0 Å². The Morgan fingerprint density at radius 3 is 2.44 bits per heavy atom. The summed E-state index contributed by atoms with van der Waals surface area (Å²) in [5.74, 6) is 0.864. The molecule has 0 radical (unpaired) electrons. The molecule has 4 nitrogen and oxygen atoms in total. The first-order valence-electron chi connectivity index (χ1n) is 8.69. The van der Waals surface area contributed by atoms with Crippen molar-refractivity contribution in [3.8, 4) is 5.75 Å². The third kappa shape index (κ3) is 6.40. The summed E-state index contributed by atoms with van der Waals surface area (Å²) >= 11 is 1.55. The van der Waals surface area contributed by atoms with Gasteiger partial charge in [0.15, 0.2) is 0 Å². The molecule has 0 bridgehead atoms. The number of phenolic OH excluding ortho intramolecular Hbond substituents is 1. The van der Waals surface area contributed by atoms with E-state index < -0.39 is 0 Å².